The molecule has 0 unspecified atom stereocenters. The van der Waals surface area contributed by atoms with Gasteiger partial charge in [0.05, 0.1) is 11.4 Å². The predicted octanol–water partition coefficient (Wildman–Crippen LogP) is 1.55. The minimum Gasteiger partial charge on any atom is -0.393 e. The quantitative estimate of drug-likeness (QED) is 0.565. The lowest BCUT2D eigenvalue weighted by molar-refractivity contribution is 0.100. The summed E-state index contributed by atoms with van der Waals surface area (Å²) in [6, 6.07) is 8.98. The highest BCUT2D eigenvalue weighted by molar-refractivity contribution is 7.80. The summed E-state index contributed by atoms with van der Waals surface area (Å²) in [5.74, 6) is -0.0249. The van der Waals surface area contributed by atoms with Gasteiger partial charge in [0, 0.05) is 5.56 Å². The van der Waals surface area contributed by atoms with Gasteiger partial charge in [0.2, 0.25) is 0 Å². The molecule has 2 N–H and O–H groups in total. The molecule has 0 aliphatic carbocycles. The van der Waals surface area contributed by atoms with Crippen LogP contribution in [-0.2, 0) is 0 Å². The minimum absolute atomic E-state index is 0.0249. The molecule has 0 saturated heterocycles. The van der Waals surface area contributed by atoms with E-state index >= 15 is 0 Å². The predicted molar refractivity (Wildman–Crippen MR) is 52.2 cm³/mol. The Labute approximate surface area is 76.4 Å². The molecule has 0 aliphatic heterocycles. The number of thiocarbonyl (C=S) groups is 1. The molecule has 0 fully saturated rings. The number of carbonyl (C=O) groups excluding carboxylic acids is 1. The van der Waals surface area contributed by atoms with Crippen molar-refractivity contribution < 1.29 is 4.79 Å². The van der Waals surface area contributed by atoms with Crippen molar-refractivity contribution in [1.29, 1.82) is 0 Å². The fourth-order valence-corrected chi connectivity index (χ4v) is 1.02. The van der Waals surface area contributed by atoms with Crippen LogP contribution in [0.25, 0.3) is 0 Å². The van der Waals surface area contributed by atoms with Crippen molar-refractivity contribution in [3.63, 3.8) is 0 Å². The van der Waals surface area contributed by atoms with E-state index < -0.39 is 0 Å². The van der Waals surface area contributed by atoms with E-state index in [-0.39, 0.29) is 17.2 Å². The van der Waals surface area contributed by atoms with Gasteiger partial charge < -0.3 is 5.73 Å². The van der Waals surface area contributed by atoms with Crippen molar-refractivity contribution >= 4 is 23.0 Å². The number of carbonyl (C=O) groups is 1. The van der Waals surface area contributed by atoms with E-state index in [0.717, 1.165) is 0 Å². The van der Waals surface area contributed by atoms with E-state index in [9.17, 15) is 4.79 Å². The summed E-state index contributed by atoms with van der Waals surface area (Å²) >= 11 is 4.63. The number of Topliss-reactive ketones (excluding diaryl/α,β-unsaturated/α-hetero) is 1. The first-order valence-electron chi connectivity index (χ1n) is 3.56. The molecular weight excluding hydrogens is 170 g/mol. The molecule has 0 heterocycles. The second-order valence-electron chi connectivity index (χ2n) is 2.43. The van der Waals surface area contributed by atoms with E-state index in [1.165, 1.54) is 0 Å². The Morgan fingerprint density at radius 3 is 2.42 bits per heavy atom. The van der Waals surface area contributed by atoms with Crippen LogP contribution in [0, 0.1) is 0 Å². The third-order valence-corrected chi connectivity index (χ3v) is 1.57. The van der Waals surface area contributed by atoms with E-state index in [4.69, 9.17) is 5.73 Å². The monoisotopic (exact) mass is 179 g/mol. The second-order valence-corrected chi connectivity index (χ2v) is 2.96. The van der Waals surface area contributed by atoms with Crippen molar-refractivity contribution in [2.75, 3.05) is 0 Å². The van der Waals surface area contributed by atoms with E-state index in [1.807, 2.05) is 18.2 Å². The molecule has 0 radical (unpaired) electrons. The van der Waals surface area contributed by atoms with Crippen LogP contribution in [0.5, 0.6) is 0 Å². The zero-order valence-corrected chi connectivity index (χ0v) is 7.30. The minimum atomic E-state index is -0.0249. The Morgan fingerprint density at radius 1 is 1.33 bits per heavy atom. The van der Waals surface area contributed by atoms with Crippen LogP contribution >= 0.6 is 12.2 Å². The molecule has 12 heavy (non-hydrogen) atoms. The summed E-state index contributed by atoms with van der Waals surface area (Å²) in [5.41, 5.74) is 5.90. The Balaban J connectivity index is 2.73. The lowest BCUT2D eigenvalue weighted by Crippen LogP contribution is -2.13. The fraction of sp³-hybridized carbons (Fsp3) is 0.111. The fourth-order valence-electron chi connectivity index (χ4n) is 0.884. The molecule has 2 nitrogen and oxygen atoms in total. The number of nitrogens with two attached hydrogens (primary N) is 1. The van der Waals surface area contributed by atoms with Crippen LogP contribution in [0.4, 0.5) is 0 Å². The van der Waals surface area contributed by atoms with Crippen molar-refractivity contribution in [3.8, 4) is 0 Å². The normalized spacial score (nSPS) is 9.33. The molecule has 0 atom stereocenters. The van der Waals surface area contributed by atoms with Gasteiger partial charge in [0.15, 0.2) is 5.78 Å². The molecular formula is C9H9NOS. The SMILES string of the molecule is NC(=S)CC(=O)c1ccccc1. The van der Waals surface area contributed by atoms with Gasteiger partial charge in [0.1, 0.15) is 0 Å². The molecule has 0 bridgehead atoms. The second kappa shape index (κ2) is 3.97. The van der Waals surface area contributed by atoms with Crippen molar-refractivity contribution in [2.45, 2.75) is 6.42 Å². The van der Waals surface area contributed by atoms with Gasteiger partial charge in [-0.1, -0.05) is 42.5 Å². The summed E-state index contributed by atoms with van der Waals surface area (Å²) in [7, 11) is 0. The van der Waals surface area contributed by atoms with Gasteiger partial charge in [-0.05, 0) is 0 Å². The number of hydrogen-bond donors (Lipinski definition) is 1. The molecule has 62 valence electrons. The third-order valence-electron chi connectivity index (χ3n) is 1.43. The molecule has 1 rings (SSSR count). The molecule has 3 heteroatoms. The maximum Gasteiger partial charge on any atom is 0.169 e. The molecule has 0 amide bonds. The van der Waals surface area contributed by atoms with Gasteiger partial charge in [-0.25, -0.2) is 0 Å². The van der Waals surface area contributed by atoms with Crippen LogP contribution in [0.1, 0.15) is 16.8 Å². The summed E-state index contributed by atoms with van der Waals surface area (Å²) in [6.45, 7) is 0. The van der Waals surface area contributed by atoms with Gasteiger partial charge in [-0.15, -0.1) is 0 Å². The molecule has 0 aliphatic rings. The average Bonchev–Trinajstić information content (AvgIpc) is 2.05. The maximum atomic E-state index is 11.3. The smallest absolute Gasteiger partial charge is 0.169 e. The van der Waals surface area contributed by atoms with Crippen LogP contribution in [0.3, 0.4) is 0 Å². The number of benzene rings is 1. The number of rotatable bonds is 3. The molecule has 1 aromatic rings. The zero-order chi connectivity index (χ0) is 8.97. The first-order valence-corrected chi connectivity index (χ1v) is 3.97. The van der Waals surface area contributed by atoms with Crippen molar-refractivity contribution in [1.82, 2.24) is 0 Å². The van der Waals surface area contributed by atoms with Crippen LogP contribution < -0.4 is 5.73 Å². The highest BCUT2D eigenvalue weighted by Crippen LogP contribution is 2.02. The number of hydrogen-bond acceptors (Lipinski definition) is 2. The topological polar surface area (TPSA) is 43.1 Å². The Morgan fingerprint density at radius 2 is 1.92 bits per heavy atom. The Hall–Kier alpha value is -1.22. The highest BCUT2D eigenvalue weighted by atomic mass is 32.1. The van der Waals surface area contributed by atoms with Crippen molar-refractivity contribution in [3.05, 3.63) is 35.9 Å². The molecule has 1 aromatic carbocycles. The summed E-state index contributed by atoms with van der Waals surface area (Å²) in [6.07, 6.45) is 0.152. The zero-order valence-electron chi connectivity index (χ0n) is 6.49. The lowest BCUT2D eigenvalue weighted by Gasteiger charge is -1.97. The molecule has 0 aromatic heterocycles. The first kappa shape index (κ1) is 8.87. The summed E-state index contributed by atoms with van der Waals surface area (Å²) in [5, 5.41) is 0. The van der Waals surface area contributed by atoms with E-state index in [0.29, 0.717) is 5.56 Å². The van der Waals surface area contributed by atoms with E-state index in [1.54, 1.807) is 12.1 Å². The van der Waals surface area contributed by atoms with Gasteiger partial charge in [-0.2, -0.15) is 0 Å². The third kappa shape index (κ3) is 2.43. The Kier molecular flexibility index (Phi) is 2.94. The standard InChI is InChI=1S/C9H9NOS/c10-9(12)6-8(11)7-4-2-1-3-5-7/h1-5H,6H2,(H2,10,12). The first-order chi connectivity index (χ1) is 5.70. The van der Waals surface area contributed by atoms with Crippen LogP contribution in [-0.4, -0.2) is 10.8 Å². The van der Waals surface area contributed by atoms with E-state index in [2.05, 4.69) is 12.2 Å². The molecule has 0 saturated carbocycles. The maximum absolute atomic E-state index is 11.3. The van der Waals surface area contributed by atoms with Crippen molar-refractivity contribution in [2.24, 2.45) is 5.73 Å². The van der Waals surface area contributed by atoms with Gasteiger partial charge in [0.25, 0.3) is 0 Å². The largest absolute Gasteiger partial charge is 0.393 e. The molecule has 0 spiro atoms. The average molecular weight is 179 g/mol. The Bertz CT molecular complexity index is 295. The number of ketones is 1. The summed E-state index contributed by atoms with van der Waals surface area (Å²) < 4.78 is 0. The van der Waals surface area contributed by atoms with Crippen LogP contribution in [0.2, 0.25) is 0 Å². The summed E-state index contributed by atoms with van der Waals surface area (Å²) in [4.78, 5) is 11.5. The van der Waals surface area contributed by atoms with Gasteiger partial charge in [-0.3, -0.25) is 4.79 Å². The van der Waals surface area contributed by atoms with Crippen LogP contribution in [0.15, 0.2) is 30.3 Å². The lowest BCUT2D eigenvalue weighted by atomic mass is 10.1. The highest BCUT2D eigenvalue weighted by Gasteiger charge is 2.04. The van der Waals surface area contributed by atoms with Gasteiger partial charge >= 0.3 is 0 Å².